The summed E-state index contributed by atoms with van der Waals surface area (Å²) in [5.41, 5.74) is 2.00. The minimum atomic E-state index is 0.727. The Hall–Kier alpha value is -1.10. The quantitative estimate of drug-likeness (QED) is 0.878. The Bertz CT molecular complexity index is 494. The van der Waals surface area contributed by atoms with E-state index in [1.165, 1.54) is 0 Å². The van der Waals surface area contributed by atoms with E-state index in [1.54, 1.807) is 0 Å². The smallest absolute Gasteiger partial charge is 0.137 e. The molecule has 0 saturated carbocycles. The van der Waals surface area contributed by atoms with E-state index in [4.69, 9.17) is 11.6 Å². The fraction of sp³-hybridized carbons (Fsp3) is 0.417. The van der Waals surface area contributed by atoms with Crippen molar-refractivity contribution in [2.75, 3.05) is 27.2 Å². The van der Waals surface area contributed by atoms with Crippen LogP contribution in [0.2, 0.25) is 5.02 Å². The Morgan fingerprint density at radius 3 is 3.00 bits per heavy atom. The first-order chi connectivity index (χ1) is 8.19. The predicted octanol–water partition coefficient (Wildman–Crippen LogP) is 1.64. The molecule has 17 heavy (non-hydrogen) atoms. The minimum Gasteiger partial charge on any atom is -0.318 e. The Morgan fingerprint density at radius 1 is 1.41 bits per heavy atom. The van der Waals surface area contributed by atoms with E-state index < -0.39 is 0 Å². The Labute approximate surface area is 106 Å². The second-order valence-corrected chi connectivity index (χ2v) is 4.62. The maximum atomic E-state index is 5.93. The number of nitrogens with one attached hydrogen (secondary N) is 1. The molecule has 2 aromatic heterocycles. The molecular weight excluding hydrogens is 236 g/mol. The zero-order valence-corrected chi connectivity index (χ0v) is 10.9. The van der Waals surface area contributed by atoms with Gasteiger partial charge in [-0.25, -0.2) is 4.98 Å². The molecule has 5 heteroatoms. The number of likely N-dealkylation sites (N-methyl/N-ethyl adjacent to an activating group) is 2. The van der Waals surface area contributed by atoms with Crippen molar-refractivity contribution in [2.24, 2.45) is 0 Å². The fourth-order valence-electron chi connectivity index (χ4n) is 1.75. The van der Waals surface area contributed by atoms with Crippen molar-refractivity contribution in [2.45, 2.75) is 6.54 Å². The number of aromatic nitrogens is 2. The molecule has 0 aliphatic rings. The van der Waals surface area contributed by atoms with Crippen molar-refractivity contribution < 1.29 is 0 Å². The molecule has 0 atom stereocenters. The Balaban J connectivity index is 2.08. The third-order valence-corrected chi connectivity index (χ3v) is 2.86. The van der Waals surface area contributed by atoms with Crippen LogP contribution in [-0.4, -0.2) is 41.5 Å². The van der Waals surface area contributed by atoms with Crippen LogP contribution >= 0.6 is 11.6 Å². The van der Waals surface area contributed by atoms with Crippen LogP contribution in [0.1, 0.15) is 5.69 Å². The number of nitrogens with zero attached hydrogens (tertiary/aromatic N) is 3. The minimum absolute atomic E-state index is 0.727. The lowest BCUT2D eigenvalue weighted by molar-refractivity contribution is 0.325. The highest BCUT2D eigenvalue weighted by atomic mass is 35.5. The summed E-state index contributed by atoms with van der Waals surface area (Å²) in [5, 5.41) is 3.86. The number of rotatable bonds is 5. The van der Waals surface area contributed by atoms with Crippen molar-refractivity contribution in [1.29, 1.82) is 0 Å². The molecule has 0 saturated heterocycles. The number of hydrogen-bond donors (Lipinski definition) is 1. The SMILES string of the molecule is CNCCN(C)Cc1cn2cc(Cl)ccc2n1. The summed E-state index contributed by atoms with van der Waals surface area (Å²) in [4.78, 5) is 6.78. The standard InChI is InChI=1S/C12H17ClN4/c1-14-5-6-16(2)8-11-9-17-7-10(13)3-4-12(17)15-11/h3-4,7,9,14H,5-6,8H2,1-2H3. The zero-order valence-electron chi connectivity index (χ0n) is 10.2. The topological polar surface area (TPSA) is 32.6 Å². The van der Waals surface area contributed by atoms with Crippen molar-refractivity contribution in [3.8, 4) is 0 Å². The van der Waals surface area contributed by atoms with Gasteiger partial charge >= 0.3 is 0 Å². The van der Waals surface area contributed by atoms with E-state index in [2.05, 4.69) is 22.2 Å². The fourth-order valence-corrected chi connectivity index (χ4v) is 1.92. The van der Waals surface area contributed by atoms with E-state index >= 15 is 0 Å². The molecule has 0 amide bonds. The lowest BCUT2D eigenvalue weighted by atomic mass is 10.4. The first kappa shape index (κ1) is 12.4. The summed E-state index contributed by atoms with van der Waals surface area (Å²) in [7, 11) is 4.05. The Morgan fingerprint density at radius 2 is 2.24 bits per heavy atom. The molecule has 0 unspecified atom stereocenters. The molecule has 0 aliphatic carbocycles. The van der Waals surface area contributed by atoms with Gasteiger partial charge in [0, 0.05) is 32.0 Å². The summed E-state index contributed by atoms with van der Waals surface area (Å²) in [6, 6.07) is 3.79. The van der Waals surface area contributed by atoms with Gasteiger partial charge in [-0.2, -0.15) is 0 Å². The maximum Gasteiger partial charge on any atom is 0.137 e. The van der Waals surface area contributed by atoms with Gasteiger partial charge in [-0.05, 0) is 26.2 Å². The van der Waals surface area contributed by atoms with Gasteiger partial charge in [0.1, 0.15) is 5.65 Å². The van der Waals surface area contributed by atoms with Crippen LogP contribution < -0.4 is 5.32 Å². The van der Waals surface area contributed by atoms with Gasteiger partial charge in [0.05, 0.1) is 10.7 Å². The second kappa shape index (κ2) is 5.49. The average Bonchev–Trinajstić information content (AvgIpc) is 2.67. The number of imidazole rings is 1. The molecule has 2 heterocycles. The molecule has 0 aliphatic heterocycles. The molecule has 0 fully saturated rings. The number of pyridine rings is 1. The highest BCUT2D eigenvalue weighted by molar-refractivity contribution is 6.30. The summed E-state index contributed by atoms with van der Waals surface area (Å²) < 4.78 is 1.96. The van der Waals surface area contributed by atoms with Crippen LogP contribution in [0, 0.1) is 0 Å². The van der Waals surface area contributed by atoms with Crippen LogP contribution in [0.3, 0.4) is 0 Å². The summed E-state index contributed by atoms with van der Waals surface area (Å²) in [6.45, 7) is 2.84. The average molecular weight is 253 g/mol. The predicted molar refractivity (Wildman–Crippen MR) is 70.5 cm³/mol. The van der Waals surface area contributed by atoms with Crippen LogP contribution in [0.4, 0.5) is 0 Å². The van der Waals surface area contributed by atoms with Gasteiger partial charge in [-0.1, -0.05) is 11.6 Å². The van der Waals surface area contributed by atoms with Gasteiger partial charge in [-0.3, -0.25) is 4.90 Å². The van der Waals surface area contributed by atoms with Gasteiger partial charge < -0.3 is 9.72 Å². The largest absolute Gasteiger partial charge is 0.318 e. The maximum absolute atomic E-state index is 5.93. The number of halogens is 1. The molecule has 1 N–H and O–H groups in total. The first-order valence-electron chi connectivity index (χ1n) is 5.65. The van der Waals surface area contributed by atoms with Crippen LogP contribution in [0.15, 0.2) is 24.5 Å². The van der Waals surface area contributed by atoms with Gasteiger partial charge in [0.15, 0.2) is 0 Å². The molecule has 0 spiro atoms. The molecule has 0 radical (unpaired) electrons. The Kier molecular flexibility index (Phi) is 3.99. The van der Waals surface area contributed by atoms with Crippen molar-refractivity contribution in [3.63, 3.8) is 0 Å². The van der Waals surface area contributed by atoms with Gasteiger partial charge in [-0.15, -0.1) is 0 Å². The van der Waals surface area contributed by atoms with Gasteiger partial charge in [0.2, 0.25) is 0 Å². The van der Waals surface area contributed by atoms with Crippen molar-refractivity contribution in [3.05, 3.63) is 35.2 Å². The molecule has 0 bridgehead atoms. The molecule has 2 rings (SSSR count). The van der Waals surface area contributed by atoms with E-state index in [0.29, 0.717) is 0 Å². The second-order valence-electron chi connectivity index (χ2n) is 4.19. The zero-order chi connectivity index (χ0) is 12.3. The van der Waals surface area contributed by atoms with Crippen molar-refractivity contribution in [1.82, 2.24) is 19.6 Å². The monoisotopic (exact) mass is 252 g/mol. The number of fused-ring (bicyclic) bond motifs is 1. The molecule has 2 aromatic rings. The highest BCUT2D eigenvalue weighted by Crippen LogP contribution is 2.12. The van der Waals surface area contributed by atoms with Crippen LogP contribution in [0.25, 0.3) is 5.65 Å². The van der Waals surface area contributed by atoms with Crippen molar-refractivity contribution >= 4 is 17.2 Å². The summed E-state index contributed by atoms with van der Waals surface area (Å²) in [6.07, 6.45) is 3.90. The molecule has 0 aromatic carbocycles. The van der Waals surface area contributed by atoms with Crippen LogP contribution in [0.5, 0.6) is 0 Å². The lowest BCUT2D eigenvalue weighted by Crippen LogP contribution is -2.27. The summed E-state index contributed by atoms with van der Waals surface area (Å²) in [5.74, 6) is 0. The third kappa shape index (κ3) is 3.19. The van der Waals surface area contributed by atoms with Gasteiger partial charge in [0.25, 0.3) is 0 Å². The molecule has 92 valence electrons. The number of hydrogen-bond acceptors (Lipinski definition) is 3. The van der Waals surface area contributed by atoms with E-state index in [9.17, 15) is 0 Å². The molecular formula is C12H17ClN4. The van der Waals surface area contributed by atoms with E-state index in [-0.39, 0.29) is 0 Å². The first-order valence-corrected chi connectivity index (χ1v) is 6.03. The highest BCUT2D eigenvalue weighted by Gasteiger charge is 2.05. The normalized spacial score (nSPS) is 11.5. The third-order valence-electron chi connectivity index (χ3n) is 2.64. The lowest BCUT2D eigenvalue weighted by Gasteiger charge is -2.14. The molecule has 4 nitrogen and oxygen atoms in total. The van der Waals surface area contributed by atoms with Crippen LogP contribution in [-0.2, 0) is 6.54 Å². The van der Waals surface area contributed by atoms with E-state index in [1.807, 2.05) is 36.0 Å². The van der Waals surface area contributed by atoms with E-state index in [0.717, 1.165) is 36.0 Å². The summed E-state index contributed by atoms with van der Waals surface area (Å²) >= 11 is 5.93.